The Morgan fingerprint density at radius 1 is 0.889 bits per heavy atom. The fourth-order valence-corrected chi connectivity index (χ4v) is 2.26. The van der Waals surface area contributed by atoms with Crippen LogP contribution in [0.4, 0.5) is 8.78 Å². The number of benzene rings is 2. The van der Waals surface area contributed by atoms with Gasteiger partial charge in [0.05, 0.1) is 0 Å². The Balaban J connectivity index is 2.26. The van der Waals surface area contributed by atoms with Crippen LogP contribution in [0, 0.1) is 11.6 Å². The first kappa shape index (κ1) is 13.0. The first-order chi connectivity index (χ1) is 8.72. The summed E-state index contributed by atoms with van der Waals surface area (Å²) in [6.07, 6.45) is 0.400. The second kappa shape index (κ2) is 5.96. The molecule has 0 aliphatic carbocycles. The molecule has 0 saturated heterocycles. The first-order valence-corrected chi connectivity index (χ1v) is 6.29. The number of halogens is 3. The molecule has 0 aliphatic heterocycles. The van der Waals surface area contributed by atoms with Gasteiger partial charge in [-0.2, -0.15) is 0 Å². The lowest BCUT2D eigenvalue weighted by Crippen LogP contribution is -2.08. The highest BCUT2D eigenvalue weighted by Crippen LogP contribution is 2.25. The maximum atomic E-state index is 13.7. The van der Waals surface area contributed by atoms with Crippen LogP contribution in [0.15, 0.2) is 48.5 Å². The van der Waals surface area contributed by atoms with E-state index in [1.807, 2.05) is 0 Å². The van der Waals surface area contributed by atoms with E-state index in [0.29, 0.717) is 17.5 Å². The zero-order valence-electron chi connectivity index (χ0n) is 9.74. The summed E-state index contributed by atoms with van der Waals surface area (Å²) in [5.74, 6) is -0.525. The zero-order chi connectivity index (χ0) is 13.0. The molecule has 0 fully saturated rings. The molecule has 2 aromatic carbocycles. The standard InChI is InChI=1S/C15H13ClF2/c16-10-12(13-6-2-4-8-15(13)18)9-11-5-1-3-7-14(11)17/h1-8,12H,9-10H2. The second-order valence-corrected chi connectivity index (χ2v) is 4.48. The summed E-state index contributed by atoms with van der Waals surface area (Å²) in [6.45, 7) is 0. The van der Waals surface area contributed by atoms with Gasteiger partial charge >= 0.3 is 0 Å². The topological polar surface area (TPSA) is 0 Å². The average Bonchev–Trinajstić information content (AvgIpc) is 2.39. The molecule has 3 heteroatoms. The van der Waals surface area contributed by atoms with Crippen molar-refractivity contribution in [3.05, 3.63) is 71.3 Å². The Morgan fingerprint density at radius 2 is 1.50 bits per heavy atom. The summed E-state index contributed by atoms with van der Waals surface area (Å²) in [4.78, 5) is 0. The summed E-state index contributed by atoms with van der Waals surface area (Å²) in [6, 6.07) is 13.0. The monoisotopic (exact) mass is 266 g/mol. The highest BCUT2D eigenvalue weighted by molar-refractivity contribution is 6.18. The number of hydrogen-bond acceptors (Lipinski definition) is 0. The Bertz CT molecular complexity index is 525. The fourth-order valence-electron chi connectivity index (χ4n) is 1.98. The summed E-state index contributed by atoms with van der Waals surface area (Å²) in [5.41, 5.74) is 1.10. The zero-order valence-corrected chi connectivity index (χ0v) is 10.5. The highest BCUT2D eigenvalue weighted by Gasteiger charge is 2.16. The Hall–Kier alpha value is -1.41. The van der Waals surface area contributed by atoms with Crippen molar-refractivity contribution in [2.75, 3.05) is 5.88 Å². The summed E-state index contributed by atoms with van der Waals surface area (Å²) >= 11 is 5.89. The molecule has 0 nitrogen and oxygen atoms in total. The molecule has 94 valence electrons. The Morgan fingerprint density at radius 3 is 2.11 bits per heavy atom. The molecule has 0 saturated carbocycles. The van der Waals surface area contributed by atoms with E-state index in [1.54, 1.807) is 36.4 Å². The first-order valence-electron chi connectivity index (χ1n) is 5.76. The lowest BCUT2D eigenvalue weighted by molar-refractivity contribution is 0.572. The van der Waals surface area contributed by atoms with E-state index in [-0.39, 0.29) is 23.4 Å². The molecule has 0 bridgehead atoms. The van der Waals surface area contributed by atoms with Crippen LogP contribution >= 0.6 is 11.6 Å². The Kier molecular flexibility index (Phi) is 4.32. The smallest absolute Gasteiger partial charge is 0.126 e. The second-order valence-electron chi connectivity index (χ2n) is 4.17. The van der Waals surface area contributed by atoms with Gasteiger partial charge in [-0.05, 0) is 29.7 Å². The molecular formula is C15H13ClF2. The van der Waals surface area contributed by atoms with Gasteiger partial charge in [0.15, 0.2) is 0 Å². The predicted molar refractivity (Wildman–Crippen MR) is 70.0 cm³/mol. The van der Waals surface area contributed by atoms with Gasteiger partial charge in [-0.3, -0.25) is 0 Å². The maximum absolute atomic E-state index is 13.7. The highest BCUT2D eigenvalue weighted by atomic mass is 35.5. The van der Waals surface area contributed by atoms with Crippen LogP contribution in [0.3, 0.4) is 0 Å². The lowest BCUT2D eigenvalue weighted by atomic mass is 9.93. The van der Waals surface area contributed by atoms with Crippen molar-refractivity contribution < 1.29 is 8.78 Å². The molecule has 0 radical (unpaired) electrons. The molecule has 0 aromatic heterocycles. The third-order valence-electron chi connectivity index (χ3n) is 2.96. The minimum atomic E-state index is -0.292. The van der Waals surface area contributed by atoms with Crippen LogP contribution in [0.1, 0.15) is 17.0 Å². The minimum Gasteiger partial charge on any atom is -0.207 e. The summed E-state index contributed by atoms with van der Waals surface area (Å²) < 4.78 is 27.2. The van der Waals surface area contributed by atoms with Crippen LogP contribution in [-0.4, -0.2) is 5.88 Å². The van der Waals surface area contributed by atoms with Crippen molar-refractivity contribution in [3.8, 4) is 0 Å². The molecule has 1 atom stereocenters. The fraction of sp³-hybridized carbons (Fsp3) is 0.200. The molecule has 0 aliphatic rings. The third-order valence-corrected chi connectivity index (χ3v) is 3.33. The van der Waals surface area contributed by atoms with Gasteiger partial charge in [0.2, 0.25) is 0 Å². The maximum Gasteiger partial charge on any atom is 0.126 e. The molecule has 1 unspecified atom stereocenters. The predicted octanol–water partition coefficient (Wildman–Crippen LogP) is 4.53. The van der Waals surface area contributed by atoms with E-state index in [2.05, 4.69) is 0 Å². The van der Waals surface area contributed by atoms with Gasteiger partial charge in [-0.25, -0.2) is 8.78 Å². The molecule has 18 heavy (non-hydrogen) atoms. The number of alkyl halides is 1. The number of rotatable bonds is 4. The van der Waals surface area contributed by atoms with Crippen molar-refractivity contribution in [3.63, 3.8) is 0 Å². The van der Waals surface area contributed by atoms with Gasteiger partial charge in [0.25, 0.3) is 0 Å². The minimum absolute atomic E-state index is 0.218. The van der Waals surface area contributed by atoms with Crippen LogP contribution in [0.2, 0.25) is 0 Å². The lowest BCUT2D eigenvalue weighted by Gasteiger charge is -2.15. The number of hydrogen-bond donors (Lipinski definition) is 0. The van der Waals surface area contributed by atoms with Crippen LogP contribution in [0.25, 0.3) is 0 Å². The van der Waals surface area contributed by atoms with E-state index >= 15 is 0 Å². The molecule has 0 amide bonds. The largest absolute Gasteiger partial charge is 0.207 e. The van der Waals surface area contributed by atoms with Gasteiger partial charge in [0.1, 0.15) is 11.6 Å². The van der Waals surface area contributed by atoms with Crippen molar-refractivity contribution >= 4 is 11.6 Å². The van der Waals surface area contributed by atoms with Crippen molar-refractivity contribution in [2.45, 2.75) is 12.3 Å². The van der Waals surface area contributed by atoms with E-state index in [4.69, 9.17) is 11.6 Å². The van der Waals surface area contributed by atoms with E-state index < -0.39 is 0 Å². The SMILES string of the molecule is Fc1ccccc1CC(CCl)c1ccccc1F. The van der Waals surface area contributed by atoms with Gasteiger partial charge in [0, 0.05) is 11.8 Å². The van der Waals surface area contributed by atoms with Crippen LogP contribution in [0.5, 0.6) is 0 Å². The molecular weight excluding hydrogens is 254 g/mol. The van der Waals surface area contributed by atoms with Crippen LogP contribution < -0.4 is 0 Å². The molecule has 0 N–H and O–H groups in total. The van der Waals surface area contributed by atoms with E-state index in [9.17, 15) is 8.78 Å². The quantitative estimate of drug-likeness (QED) is 0.713. The Labute approximate surface area is 110 Å². The van der Waals surface area contributed by atoms with Crippen molar-refractivity contribution in [1.82, 2.24) is 0 Å². The molecule has 0 spiro atoms. The average molecular weight is 267 g/mol. The van der Waals surface area contributed by atoms with Crippen molar-refractivity contribution in [1.29, 1.82) is 0 Å². The summed E-state index contributed by atoms with van der Waals surface area (Å²) in [7, 11) is 0. The normalized spacial score (nSPS) is 12.4. The molecule has 0 heterocycles. The van der Waals surface area contributed by atoms with Gasteiger partial charge < -0.3 is 0 Å². The summed E-state index contributed by atoms with van der Waals surface area (Å²) in [5, 5.41) is 0. The van der Waals surface area contributed by atoms with Gasteiger partial charge in [-0.1, -0.05) is 36.4 Å². The van der Waals surface area contributed by atoms with Crippen LogP contribution in [-0.2, 0) is 6.42 Å². The van der Waals surface area contributed by atoms with E-state index in [0.717, 1.165) is 0 Å². The van der Waals surface area contributed by atoms with Crippen molar-refractivity contribution in [2.24, 2.45) is 0 Å². The van der Waals surface area contributed by atoms with E-state index in [1.165, 1.54) is 12.1 Å². The molecule has 2 rings (SSSR count). The molecule has 2 aromatic rings. The third kappa shape index (κ3) is 2.88. The van der Waals surface area contributed by atoms with Gasteiger partial charge in [-0.15, -0.1) is 11.6 Å².